The van der Waals surface area contributed by atoms with Crippen LogP contribution in [0.15, 0.2) is 60.8 Å². The van der Waals surface area contributed by atoms with Crippen molar-refractivity contribution in [1.29, 1.82) is 0 Å². The van der Waals surface area contributed by atoms with Crippen molar-refractivity contribution in [2.45, 2.75) is 19.7 Å². The molecular formula is C19H20N4O. The number of aryl methyl sites for hydroxylation is 1. The molecule has 5 heteroatoms. The molecule has 2 aromatic carbocycles. The molecule has 1 saturated heterocycles. The van der Waals surface area contributed by atoms with Crippen LogP contribution in [0.5, 0.6) is 0 Å². The molecule has 5 nitrogen and oxygen atoms in total. The molecule has 0 radical (unpaired) electrons. The first-order valence-corrected chi connectivity index (χ1v) is 8.18. The van der Waals surface area contributed by atoms with Crippen LogP contribution < -0.4 is 4.90 Å². The SMILES string of the molecule is Cc1ccc(N2CCO[C@@H]2c2cn(Cc3ccccc3)nn2)cc1. The Labute approximate surface area is 141 Å². The summed E-state index contributed by atoms with van der Waals surface area (Å²) >= 11 is 0. The van der Waals surface area contributed by atoms with Crippen molar-refractivity contribution >= 4 is 5.69 Å². The highest BCUT2D eigenvalue weighted by Gasteiger charge is 2.29. The lowest BCUT2D eigenvalue weighted by atomic mass is 10.2. The zero-order valence-electron chi connectivity index (χ0n) is 13.7. The Kier molecular flexibility index (Phi) is 4.01. The predicted octanol–water partition coefficient (Wildman–Crippen LogP) is 3.17. The van der Waals surface area contributed by atoms with Gasteiger partial charge in [0.1, 0.15) is 5.69 Å². The molecule has 1 aliphatic heterocycles. The van der Waals surface area contributed by atoms with Gasteiger partial charge in [-0.25, -0.2) is 4.68 Å². The maximum absolute atomic E-state index is 5.91. The first-order chi connectivity index (χ1) is 11.8. The molecule has 0 saturated carbocycles. The second kappa shape index (κ2) is 6.45. The van der Waals surface area contributed by atoms with Gasteiger partial charge < -0.3 is 9.64 Å². The molecule has 0 unspecified atom stereocenters. The standard InChI is InChI=1S/C19H20N4O/c1-15-7-9-17(10-8-15)23-11-12-24-19(23)18-14-22(21-20-18)13-16-5-3-2-4-6-16/h2-10,14,19H,11-13H2,1H3/t19-/m1/s1. The van der Waals surface area contributed by atoms with Crippen LogP contribution in [0.3, 0.4) is 0 Å². The van der Waals surface area contributed by atoms with E-state index in [1.54, 1.807) is 0 Å². The van der Waals surface area contributed by atoms with E-state index in [0.29, 0.717) is 13.2 Å². The van der Waals surface area contributed by atoms with E-state index < -0.39 is 0 Å². The fraction of sp³-hybridized carbons (Fsp3) is 0.263. The summed E-state index contributed by atoms with van der Waals surface area (Å²) in [6.07, 6.45) is 1.81. The summed E-state index contributed by atoms with van der Waals surface area (Å²) in [7, 11) is 0. The van der Waals surface area contributed by atoms with E-state index in [0.717, 1.165) is 17.9 Å². The summed E-state index contributed by atoms with van der Waals surface area (Å²) in [6, 6.07) is 18.8. The predicted molar refractivity (Wildman–Crippen MR) is 92.8 cm³/mol. The van der Waals surface area contributed by atoms with E-state index in [1.807, 2.05) is 29.1 Å². The summed E-state index contributed by atoms with van der Waals surface area (Å²) in [5.41, 5.74) is 4.46. The largest absolute Gasteiger partial charge is 0.350 e. The third-order valence-corrected chi connectivity index (χ3v) is 4.25. The van der Waals surface area contributed by atoms with E-state index >= 15 is 0 Å². The monoisotopic (exact) mass is 320 g/mol. The Hall–Kier alpha value is -2.66. The van der Waals surface area contributed by atoms with Crippen molar-refractivity contribution < 1.29 is 4.74 Å². The minimum atomic E-state index is -0.169. The first-order valence-electron chi connectivity index (χ1n) is 8.18. The Morgan fingerprint density at radius 3 is 2.67 bits per heavy atom. The van der Waals surface area contributed by atoms with Gasteiger partial charge in [0.15, 0.2) is 6.23 Å². The lowest BCUT2D eigenvalue weighted by Crippen LogP contribution is -2.23. The highest BCUT2D eigenvalue weighted by Crippen LogP contribution is 2.31. The van der Waals surface area contributed by atoms with Crippen molar-refractivity contribution in [2.75, 3.05) is 18.1 Å². The van der Waals surface area contributed by atoms with Crippen LogP contribution in [-0.2, 0) is 11.3 Å². The van der Waals surface area contributed by atoms with E-state index in [2.05, 4.69) is 58.5 Å². The van der Waals surface area contributed by atoms with Crippen LogP contribution >= 0.6 is 0 Å². The number of ether oxygens (including phenoxy) is 1. The van der Waals surface area contributed by atoms with Crippen LogP contribution in [0.2, 0.25) is 0 Å². The third kappa shape index (κ3) is 3.03. The van der Waals surface area contributed by atoms with Crippen molar-refractivity contribution in [3.8, 4) is 0 Å². The molecule has 0 N–H and O–H groups in total. The van der Waals surface area contributed by atoms with Crippen molar-refractivity contribution in [2.24, 2.45) is 0 Å². The molecule has 1 fully saturated rings. The molecule has 2 heterocycles. The third-order valence-electron chi connectivity index (χ3n) is 4.25. The van der Waals surface area contributed by atoms with Crippen molar-refractivity contribution in [1.82, 2.24) is 15.0 Å². The lowest BCUT2D eigenvalue weighted by molar-refractivity contribution is 0.110. The maximum atomic E-state index is 5.91. The Morgan fingerprint density at radius 2 is 1.88 bits per heavy atom. The average Bonchev–Trinajstić information content (AvgIpc) is 3.25. The Balaban J connectivity index is 1.53. The van der Waals surface area contributed by atoms with E-state index in [4.69, 9.17) is 4.74 Å². The minimum Gasteiger partial charge on any atom is -0.350 e. The van der Waals surface area contributed by atoms with Gasteiger partial charge in [0.05, 0.1) is 19.3 Å². The molecule has 3 aromatic rings. The molecule has 1 atom stereocenters. The molecule has 0 aliphatic carbocycles. The van der Waals surface area contributed by atoms with Gasteiger partial charge in [-0.05, 0) is 24.6 Å². The van der Waals surface area contributed by atoms with Crippen molar-refractivity contribution in [3.05, 3.63) is 77.6 Å². The summed E-state index contributed by atoms with van der Waals surface area (Å²) in [6.45, 7) is 4.37. The Bertz CT molecular complexity index is 798. The summed E-state index contributed by atoms with van der Waals surface area (Å²) in [5.74, 6) is 0. The Morgan fingerprint density at radius 1 is 1.08 bits per heavy atom. The maximum Gasteiger partial charge on any atom is 0.177 e. The molecule has 0 spiro atoms. The topological polar surface area (TPSA) is 43.2 Å². The summed E-state index contributed by atoms with van der Waals surface area (Å²) < 4.78 is 7.77. The van der Waals surface area contributed by atoms with Crippen molar-refractivity contribution in [3.63, 3.8) is 0 Å². The molecule has 24 heavy (non-hydrogen) atoms. The normalized spacial score (nSPS) is 17.4. The molecular weight excluding hydrogens is 300 g/mol. The highest BCUT2D eigenvalue weighted by atomic mass is 16.5. The molecule has 0 bridgehead atoms. The zero-order chi connectivity index (χ0) is 16.4. The van der Waals surface area contributed by atoms with Gasteiger partial charge in [0, 0.05) is 12.2 Å². The van der Waals surface area contributed by atoms with Crippen LogP contribution in [0.4, 0.5) is 5.69 Å². The van der Waals surface area contributed by atoms with Gasteiger partial charge in [0.25, 0.3) is 0 Å². The second-order valence-electron chi connectivity index (χ2n) is 6.08. The smallest absolute Gasteiger partial charge is 0.177 e. The van der Waals surface area contributed by atoms with Crippen LogP contribution in [0.25, 0.3) is 0 Å². The highest BCUT2D eigenvalue weighted by molar-refractivity contribution is 5.49. The van der Waals surface area contributed by atoms with Crippen LogP contribution in [0.1, 0.15) is 23.0 Å². The van der Waals surface area contributed by atoms with Gasteiger partial charge in [-0.1, -0.05) is 53.2 Å². The minimum absolute atomic E-state index is 0.169. The zero-order valence-corrected chi connectivity index (χ0v) is 13.7. The number of hydrogen-bond acceptors (Lipinski definition) is 4. The number of nitrogens with zero attached hydrogens (tertiary/aromatic N) is 4. The summed E-state index contributed by atoms with van der Waals surface area (Å²) in [4.78, 5) is 2.23. The average molecular weight is 320 g/mol. The first kappa shape index (κ1) is 14.9. The van der Waals surface area contributed by atoms with Gasteiger partial charge in [-0.2, -0.15) is 0 Å². The summed E-state index contributed by atoms with van der Waals surface area (Å²) in [5, 5.41) is 8.59. The van der Waals surface area contributed by atoms with E-state index in [1.165, 1.54) is 11.1 Å². The number of rotatable bonds is 4. The molecule has 1 aromatic heterocycles. The quantitative estimate of drug-likeness (QED) is 0.740. The van der Waals surface area contributed by atoms with E-state index in [-0.39, 0.29) is 6.23 Å². The second-order valence-corrected chi connectivity index (χ2v) is 6.08. The van der Waals surface area contributed by atoms with Gasteiger partial charge in [-0.15, -0.1) is 5.10 Å². The van der Waals surface area contributed by atoms with Crippen LogP contribution in [0, 0.1) is 6.92 Å². The molecule has 122 valence electrons. The molecule has 4 rings (SSSR count). The van der Waals surface area contributed by atoms with Gasteiger partial charge in [-0.3, -0.25) is 0 Å². The number of aromatic nitrogens is 3. The molecule has 0 amide bonds. The number of anilines is 1. The molecule has 1 aliphatic rings. The fourth-order valence-corrected chi connectivity index (χ4v) is 2.99. The number of benzene rings is 2. The van der Waals surface area contributed by atoms with E-state index in [9.17, 15) is 0 Å². The van der Waals surface area contributed by atoms with Crippen LogP contribution in [-0.4, -0.2) is 28.1 Å². The fourth-order valence-electron chi connectivity index (χ4n) is 2.99. The lowest BCUT2D eigenvalue weighted by Gasteiger charge is -2.23. The van der Waals surface area contributed by atoms with Gasteiger partial charge >= 0.3 is 0 Å². The number of hydrogen-bond donors (Lipinski definition) is 0. The van der Waals surface area contributed by atoms with Gasteiger partial charge in [0.2, 0.25) is 0 Å².